The molecule has 0 atom stereocenters. The van der Waals surface area contributed by atoms with Gasteiger partial charge in [-0.3, -0.25) is 24.2 Å². The first-order valence-electron chi connectivity index (χ1n) is 8.38. The highest BCUT2D eigenvalue weighted by Gasteiger charge is 2.21. The lowest BCUT2D eigenvalue weighted by molar-refractivity contribution is -0.385. The number of nitro benzene ring substituents is 1. The van der Waals surface area contributed by atoms with E-state index < -0.39 is 10.7 Å². The van der Waals surface area contributed by atoms with Crippen molar-refractivity contribution in [2.45, 2.75) is 6.54 Å². The predicted octanol–water partition coefficient (Wildman–Crippen LogP) is 2.13. The van der Waals surface area contributed by atoms with E-state index >= 15 is 0 Å². The molecular weight excluding hydrogens is 373 g/mol. The van der Waals surface area contributed by atoms with Crippen LogP contribution in [0, 0.1) is 15.9 Å². The molecule has 0 bridgehead atoms. The summed E-state index contributed by atoms with van der Waals surface area (Å²) in [6.07, 6.45) is 1.70. The molecule has 1 saturated heterocycles. The number of nitrogens with zero attached hydrogens (tertiary/aromatic N) is 5. The summed E-state index contributed by atoms with van der Waals surface area (Å²) in [5.41, 5.74) is 0.744. The Kier molecular flexibility index (Phi) is 4.58. The number of hydrogen-bond donors (Lipinski definition) is 0. The molecule has 3 aromatic rings. The van der Waals surface area contributed by atoms with Crippen LogP contribution in [0.5, 0.6) is 0 Å². The Labute approximate surface area is 157 Å². The lowest BCUT2D eigenvalue weighted by atomic mass is 10.2. The van der Waals surface area contributed by atoms with Gasteiger partial charge in [0.1, 0.15) is 0 Å². The maximum Gasteiger partial charge on any atom is 0.272 e. The molecule has 0 saturated carbocycles. The van der Waals surface area contributed by atoms with E-state index in [9.17, 15) is 19.3 Å². The Hall–Kier alpha value is -2.85. The van der Waals surface area contributed by atoms with Gasteiger partial charge in [-0.15, -0.1) is 11.3 Å². The highest BCUT2D eigenvalue weighted by Crippen LogP contribution is 2.25. The van der Waals surface area contributed by atoms with Crippen molar-refractivity contribution in [2.24, 2.45) is 0 Å². The standard InChI is InChI=1S/C17H16FN5O3S/c18-14-10-13(23(25)26)1-2-15(14)21-5-3-20(4-6-21)11-12-9-16(24)22-7-8-27-17(22)19-12/h1-2,7-10H,3-6,11H2. The molecule has 27 heavy (non-hydrogen) atoms. The lowest BCUT2D eigenvalue weighted by Gasteiger charge is -2.36. The van der Waals surface area contributed by atoms with Crippen molar-refractivity contribution in [1.29, 1.82) is 0 Å². The fourth-order valence-electron chi connectivity index (χ4n) is 3.21. The second-order valence-corrected chi connectivity index (χ2v) is 7.17. The topological polar surface area (TPSA) is 84.0 Å². The Morgan fingerprint density at radius 3 is 2.70 bits per heavy atom. The maximum absolute atomic E-state index is 14.2. The third-order valence-electron chi connectivity index (χ3n) is 4.60. The molecule has 0 spiro atoms. The Bertz CT molecular complexity index is 1060. The monoisotopic (exact) mass is 389 g/mol. The molecule has 1 aliphatic rings. The highest BCUT2D eigenvalue weighted by molar-refractivity contribution is 7.15. The highest BCUT2D eigenvalue weighted by atomic mass is 32.1. The molecule has 140 valence electrons. The quantitative estimate of drug-likeness (QED) is 0.502. The summed E-state index contributed by atoms with van der Waals surface area (Å²) in [6, 6.07) is 5.27. The Morgan fingerprint density at radius 2 is 2.00 bits per heavy atom. The molecule has 1 aliphatic heterocycles. The summed E-state index contributed by atoms with van der Waals surface area (Å²) in [5, 5.41) is 12.6. The molecule has 0 unspecified atom stereocenters. The number of aromatic nitrogens is 2. The summed E-state index contributed by atoms with van der Waals surface area (Å²) in [7, 11) is 0. The third kappa shape index (κ3) is 3.53. The van der Waals surface area contributed by atoms with E-state index in [4.69, 9.17) is 0 Å². The normalized spacial score (nSPS) is 15.4. The van der Waals surface area contributed by atoms with Crippen molar-refractivity contribution in [3.8, 4) is 0 Å². The van der Waals surface area contributed by atoms with Gasteiger partial charge < -0.3 is 4.90 Å². The number of nitro groups is 1. The van der Waals surface area contributed by atoms with Crippen LogP contribution in [0.1, 0.15) is 5.69 Å². The molecule has 1 fully saturated rings. The minimum Gasteiger partial charge on any atom is -0.367 e. The fourth-order valence-corrected chi connectivity index (χ4v) is 3.95. The molecule has 4 rings (SSSR count). The number of rotatable bonds is 4. The van der Waals surface area contributed by atoms with E-state index in [0.29, 0.717) is 43.4 Å². The first-order valence-corrected chi connectivity index (χ1v) is 9.26. The number of benzene rings is 1. The van der Waals surface area contributed by atoms with E-state index in [0.717, 1.165) is 11.8 Å². The molecule has 0 amide bonds. The van der Waals surface area contributed by atoms with Gasteiger partial charge in [0.05, 0.1) is 22.4 Å². The molecule has 3 heterocycles. The largest absolute Gasteiger partial charge is 0.367 e. The number of non-ortho nitro benzene ring substituents is 1. The number of anilines is 1. The second kappa shape index (κ2) is 7.05. The zero-order chi connectivity index (χ0) is 19.0. The van der Waals surface area contributed by atoms with Crippen molar-refractivity contribution >= 4 is 27.7 Å². The van der Waals surface area contributed by atoms with Crippen molar-refractivity contribution in [1.82, 2.24) is 14.3 Å². The first kappa shape index (κ1) is 17.6. The molecule has 10 heteroatoms. The van der Waals surface area contributed by atoms with Gasteiger partial charge in [-0.1, -0.05) is 0 Å². The Balaban J connectivity index is 1.42. The molecule has 1 aromatic carbocycles. The maximum atomic E-state index is 14.2. The van der Waals surface area contributed by atoms with Crippen LogP contribution >= 0.6 is 11.3 Å². The predicted molar refractivity (Wildman–Crippen MR) is 99.9 cm³/mol. The fraction of sp³-hybridized carbons (Fsp3) is 0.294. The average Bonchev–Trinajstić information content (AvgIpc) is 3.11. The van der Waals surface area contributed by atoms with Crippen LogP contribution in [0.15, 0.2) is 40.6 Å². The van der Waals surface area contributed by atoms with Crippen molar-refractivity contribution in [3.05, 3.63) is 67.8 Å². The van der Waals surface area contributed by atoms with Crippen LogP contribution in [0.2, 0.25) is 0 Å². The van der Waals surface area contributed by atoms with E-state index in [1.165, 1.54) is 27.9 Å². The van der Waals surface area contributed by atoms with Gasteiger partial charge in [0.2, 0.25) is 0 Å². The van der Waals surface area contributed by atoms with Crippen LogP contribution in [0.25, 0.3) is 4.96 Å². The number of halogens is 1. The number of fused-ring (bicyclic) bond motifs is 1. The van der Waals surface area contributed by atoms with Crippen LogP contribution in [0.4, 0.5) is 15.8 Å². The summed E-state index contributed by atoms with van der Waals surface area (Å²) in [6.45, 7) is 3.11. The number of piperazine rings is 1. The molecular formula is C17H16FN5O3S. The van der Waals surface area contributed by atoms with Crippen LogP contribution in [-0.4, -0.2) is 45.4 Å². The van der Waals surface area contributed by atoms with Gasteiger partial charge in [0.25, 0.3) is 11.2 Å². The van der Waals surface area contributed by atoms with Crippen LogP contribution in [0.3, 0.4) is 0 Å². The Morgan fingerprint density at radius 1 is 1.22 bits per heavy atom. The van der Waals surface area contributed by atoms with E-state index in [-0.39, 0.29) is 11.2 Å². The zero-order valence-corrected chi connectivity index (χ0v) is 15.1. The zero-order valence-electron chi connectivity index (χ0n) is 14.2. The van der Waals surface area contributed by atoms with Crippen LogP contribution in [-0.2, 0) is 6.54 Å². The molecule has 2 aromatic heterocycles. The third-order valence-corrected chi connectivity index (χ3v) is 5.35. The molecule has 0 radical (unpaired) electrons. The van der Waals surface area contributed by atoms with E-state index in [1.54, 1.807) is 12.3 Å². The minimum absolute atomic E-state index is 0.0946. The molecule has 8 nitrogen and oxygen atoms in total. The van der Waals surface area contributed by atoms with Crippen LogP contribution < -0.4 is 10.5 Å². The van der Waals surface area contributed by atoms with Gasteiger partial charge >= 0.3 is 0 Å². The van der Waals surface area contributed by atoms with Gasteiger partial charge in [0.15, 0.2) is 10.8 Å². The smallest absolute Gasteiger partial charge is 0.272 e. The molecule has 0 N–H and O–H groups in total. The van der Waals surface area contributed by atoms with Gasteiger partial charge in [-0.2, -0.15) is 0 Å². The van der Waals surface area contributed by atoms with Crippen molar-refractivity contribution < 1.29 is 9.31 Å². The van der Waals surface area contributed by atoms with Gasteiger partial charge in [-0.25, -0.2) is 9.37 Å². The first-order chi connectivity index (χ1) is 13.0. The SMILES string of the molecule is O=c1cc(CN2CCN(c3ccc([N+](=O)[O-])cc3F)CC2)nc2sccn12. The van der Waals surface area contributed by atoms with Gasteiger partial charge in [0, 0.05) is 56.4 Å². The summed E-state index contributed by atoms with van der Waals surface area (Å²) in [4.78, 5) is 31.4. The van der Waals surface area contributed by atoms with E-state index in [2.05, 4.69) is 9.88 Å². The summed E-state index contributed by atoms with van der Waals surface area (Å²) < 4.78 is 15.7. The molecule has 0 aliphatic carbocycles. The van der Waals surface area contributed by atoms with Crippen molar-refractivity contribution in [3.63, 3.8) is 0 Å². The summed E-state index contributed by atoms with van der Waals surface area (Å²) in [5.74, 6) is -0.588. The van der Waals surface area contributed by atoms with Crippen molar-refractivity contribution in [2.75, 3.05) is 31.1 Å². The summed E-state index contributed by atoms with van der Waals surface area (Å²) >= 11 is 1.42. The van der Waals surface area contributed by atoms with E-state index in [1.807, 2.05) is 10.3 Å². The number of thiazole rings is 1. The second-order valence-electron chi connectivity index (χ2n) is 6.30. The lowest BCUT2D eigenvalue weighted by Crippen LogP contribution is -2.46. The average molecular weight is 389 g/mol. The minimum atomic E-state index is -0.606. The van der Waals surface area contributed by atoms with Gasteiger partial charge in [-0.05, 0) is 6.07 Å². The number of hydrogen-bond acceptors (Lipinski definition) is 7.